The van der Waals surface area contributed by atoms with Crippen molar-refractivity contribution in [3.8, 4) is 0 Å². The van der Waals surface area contributed by atoms with Crippen LogP contribution in [0.1, 0.15) is 0 Å². The molecule has 4 nitrogen and oxygen atoms in total. The Hall–Kier alpha value is -6.10. The van der Waals surface area contributed by atoms with Gasteiger partial charge in [-0.1, -0.05) is 255 Å². The van der Waals surface area contributed by atoms with Crippen LogP contribution in [0.5, 0.6) is 0 Å². The molecule has 0 spiro atoms. The van der Waals surface area contributed by atoms with Gasteiger partial charge >= 0.3 is 0 Å². The van der Waals surface area contributed by atoms with Crippen molar-refractivity contribution in [1.82, 2.24) is 0 Å². The van der Waals surface area contributed by atoms with Gasteiger partial charge in [0.25, 0.3) is 0 Å². The van der Waals surface area contributed by atoms with Crippen molar-refractivity contribution in [3.63, 3.8) is 0 Å². The van der Waals surface area contributed by atoms with E-state index in [1.54, 1.807) is 0 Å². The zero-order valence-electron chi connectivity index (χ0n) is 33.7. The van der Waals surface area contributed by atoms with Crippen LogP contribution in [0.15, 0.2) is 255 Å². The summed E-state index contributed by atoms with van der Waals surface area (Å²) in [4.78, 5) is 0. The fourth-order valence-corrected chi connectivity index (χ4v) is 18.8. The first-order valence-electron chi connectivity index (χ1n) is 20.3. The molecule has 0 aliphatic heterocycles. The molecule has 0 aliphatic rings. The zero-order chi connectivity index (χ0) is 42.6. The van der Waals surface area contributed by atoms with Crippen molar-refractivity contribution in [1.29, 1.82) is 0 Å². The van der Waals surface area contributed by atoms with Gasteiger partial charge in [0.2, 0.25) is 0 Å². The molecule has 0 saturated carbocycles. The molecule has 0 radical (unpaired) electrons. The summed E-state index contributed by atoms with van der Waals surface area (Å²) in [6.45, 7) is 0. The third kappa shape index (κ3) is 7.28. The van der Waals surface area contributed by atoms with Gasteiger partial charge in [-0.05, 0) is 0 Å². The highest BCUT2D eigenvalue weighted by Gasteiger charge is 2.36. The average Bonchev–Trinajstić information content (AvgIpc) is 3.37. The van der Waals surface area contributed by atoms with Crippen molar-refractivity contribution in [2.45, 2.75) is 0 Å². The van der Waals surface area contributed by atoms with Crippen LogP contribution in [-0.2, 0) is 18.3 Å². The second-order valence-corrected chi connectivity index (χ2v) is 26.1. The largest absolute Gasteiger partial charge is 0.309 e. The zero-order valence-corrected chi connectivity index (χ0v) is 37.2. The Morgan fingerprint density at radius 2 is 0.242 bits per heavy atom. The minimum Gasteiger partial charge on any atom is -0.309 e. The molecule has 9 aromatic carbocycles. The lowest BCUT2D eigenvalue weighted by molar-refractivity contribution is 0.591. The normalized spacial score (nSPS) is 12.1. The first-order valence-corrected chi connectivity index (χ1v) is 27.2. The maximum Gasteiger partial charge on any atom is 0.171 e. The Bertz CT molecular complexity index is 2650. The Labute approximate surface area is 363 Å². The summed E-state index contributed by atoms with van der Waals surface area (Å²) < 4.78 is 62.3. The van der Waals surface area contributed by atoms with Gasteiger partial charge < -0.3 is 18.3 Å². The van der Waals surface area contributed by atoms with Crippen molar-refractivity contribution >= 4 is 92.2 Å². The number of rotatable bonds is 12. The Kier molecular flexibility index (Phi) is 11.5. The molecule has 302 valence electrons. The van der Waals surface area contributed by atoms with E-state index in [4.69, 9.17) is 0 Å². The van der Waals surface area contributed by atoms with Crippen LogP contribution in [0.2, 0.25) is 0 Å². The standard InChI is InChI=1S/C54H42O4P4/c55-59(43-19-7-1-8-20-43,44-21-9-2-10-22-44)49-31-37-52(38-32-49)62(58,53-39-33-50(34-40-53)60(56,45-23-11-3-12-24-45)46-25-13-4-14-26-46)54-41-35-51(36-42-54)61(57,47-27-15-5-16-28-47)48-29-17-6-18-30-48/h1-42H. The van der Waals surface area contributed by atoms with Gasteiger partial charge in [0.1, 0.15) is 0 Å². The average molecular weight is 879 g/mol. The van der Waals surface area contributed by atoms with E-state index in [1.165, 1.54) is 0 Å². The smallest absolute Gasteiger partial charge is 0.171 e. The van der Waals surface area contributed by atoms with Gasteiger partial charge in [0.15, 0.2) is 28.6 Å². The number of hydrogen-bond acceptors (Lipinski definition) is 4. The molecule has 0 heterocycles. The van der Waals surface area contributed by atoms with E-state index >= 15 is 18.3 Å². The Balaban J connectivity index is 1.20. The van der Waals surface area contributed by atoms with Crippen LogP contribution in [0.4, 0.5) is 0 Å². The van der Waals surface area contributed by atoms with Gasteiger partial charge in [0.05, 0.1) is 0 Å². The summed E-state index contributed by atoms with van der Waals surface area (Å²) in [6.07, 6.45) is 0. The van der Waals surface area contributed by atoms with E-state index in [2.05, 4.69) is 0 Å². The van der Waals surface area contributed by atoms with Gasteiger partial charge in [-0.3, -0.25) is 0 Å². The second kappa shape index (κ2) is 17.3. The van der Waals surface area contributed by atoms with Crippen molar-refractivity contribution in [3.05, 3.63) is 255 Å². The molecular weight excluding hydrogens is 836 g/mol. The number of benzene rings is 9. The molecule has 62 heavy (non-hydrogen) atoms. The molecule has 0 saturated heterocycles. The van der Waals surface area contributed by atoms with Crippen LogP contribution in [0.3, 0.4) is 0 Å². The minimum absolute atomic E-state index is 0.540. The van der Waals surface area contributed by atoms with Crippen LogP contribution < -0.4 is 63.7 Å². The van der Waals surface area contributed by atoms with Gasteiger partial charge in [-0.25, -0.2) is 0 Å². The fraction of sp³-hybridized carbons (Fsp3) is 0. The highest BCUT2D eigenvalue weighted by atomic mass is 31.2. The van der Waals surface area contributed by atoms with Crippen LogP contribution in [0.25, 0.3) is 0 Å². The lowest BCUT2D eigenvalue weighted by Crippen LogP contribution is -2.31. The van der Waals surface area contributed by atoms with Gasteiger partial charge in [-0.2, -0.15) is 0 Å². The van der Waals surface area contributed by atoms with E-state index in [0.29, 0.717) is 63.7 Å². The van der Waals surface area contributed by atoms with E-state index in [9.17, 15) is 0 Å². The molecule has 0 atom stereocenters. The first kappa shape index (κ1) is 41.3. The highest BCUT2D eigenvalue weighted by molar-refractivity contribution is 7.87. The first-order chi connectivity index (χ1) is 30.3. The van der Waals surface area contributed by atoms with Crippen molar-refractivity contribution < 1.29 is 18.3 Å². The van der Waals surface area contributed by atoms with Gasteiger partial charge in [0, 0.05) is 63.7 Å². The van der Waals surface area contributed by atoms with Crippen LogP contribution in [0, 0.1) is 0 Å². The lowest BCUT2D eigenvalue weighted by atomic mass is 10.3. The highest BCUT2D eigenvalue weighted by Crippen LogP contribution is 2.48. The fourth-order valence-electron chi connectivity index (χ4n) is 8.23. The SMILES string of the molecule is O=P(c1ccccc1)(c1ccccc1)c1ccc(P(=O)(c2ccc(P(=O)(c3ccccc3)c3ccccc3)cc2)c2ccc(P(=O)(c3ccccc3)c3ccccc3)cc2)cc1. The molecular formula is C54H42O4P4. The summed E-state index contributed by atoms with van der Waals surface area (Å²) in [5.74, 6) is 0. The topological polar surface area (TPSA) is 68.3 Å². The van der Waals surface area contributed by atoms with E-state index in [1.807, 2.05) is 255 Å². The van der Waals surface area contributed by atoms with E-state index in [-0.39, 0.29) is 0 Å². The summed E-state index contributed by atoms with van der Waals surface area (Å²) in [7, 11) is -13.6. The molecule has 0 amide bonds. The predicted molar refractivity (Wildman–Crippen MR) is 264 cm³/mol. The quantitative estimate of drug-likeness (QED) is 0.116. The maximum atomic E-state index is 16.3. The molecule has 0 aliphatic carbocycles. The molecule has 9 rings (SSSR count). The molecule has 8 heteroatoms. The molecule has 0 N–H and O–H groups in total. The van der Waals surface area contributed by atoms with E-state index < -0.39 is 28.6 Å². The maximum absolute atomic E-state index is 16.3. The number of hydrogen-bond donors (Lipinski definition) is 0. The van der Waals surface area contributed by atoms with Crippen molar-refractivity contribution in [2.24, 2.45) is 0 Å². The summed E-state index contributed by atoms with van der Waals surface area (Å²) in [5, 5.41) is 7.71. The summed E-state index contributed by atoms with van der Waals surface area (Å²) >= 11 is 0. The third-order valence-electron chi connectivity index (χ3n) is 11.4. The molecule has 0 bridgehead atoms. The monoisotopic (exact) mass is 878 g/mol. The molecule has 0 fully saturated rings. The van der Waals surface area contributed by atoms with E-state index in [0.717, 1.165) is 0 Å². The molecule has 9 aromatic rings. The predicted octanol–water partition coefficient (Wildman–Crippen LogP) is 8.24. The third-order valence-corrected chi connectivity index (χ3v) is 23.8. The Morgan fingerprint density at radius 3 is 0.355 bits per heavy atom. The summed E-state index contributed by atoms with van der Waals surface area (Å²) in [5.41, 5.74) is 0. The lowest BCUT2D eigenvalue weighted by Gasteiger charge is -2.25. The van der Waals surface area contributed by atoms with Gasteiger partial charge in [-0.15, -0.1) is 0 Å². The van der Waals surface area contributed by atoms with Crippen LogP contribution >= 0.6 is 28.6 Å². The minimum atomic E-state index is -3.69. The molecule has 0 unspecified atom stereocenters. The summed E-state index contributed by atoms with van der Waals surface area (Å²) in [6, 6.07) is 78.8. The van der Waals surface area contributed by atoms with Crippen LogP contribution in [-0.4, -0.2) is 0 Å². The van der Waals surface area contributed by atoms with Crippen molar-refractivity contribution in [2.75, 3.05) is 0 Å². The Morgan fingerprint density at radius 1 is 0.145 bits per heavy atom. The molecule has 0 aromatic heterocycles. The second-order valence-electron chi connectivity index (χ2n) is 15.0.